The van der Waals surface area contributed by atoms with Gasteiger partial charge in [-0.15, -0.1) is 21.5 Å². The Labute approximate surface area is 142 Å². The maximum atomic E-state index is 5.72. The number of aromatic nitrogens is 4. The van der Waals surface area contributed by atoms with Gasteiger partial charge in [0.25, 0.3) is 11.1 Å². The molecule has 3 aromatic heterocycles. The molecule has 0 aliphatic rings. The SMILES string of the molecule is CCOc1cccc(CSc2nnc(-c3sc(C)nc3C)o2)n1. The molecule has 0 atom stereocenters. The van der Waals surface area contributed by atoms with E-state index in [1.165, 1.54) is 11.8 Å². The normalized spacial score (nSPS) is 10.9. The van der Waals surface area contributed by atoms with Crippen LogP contribution in [0.3, 0.4) is 0 Å². The van der Waals surface area contributed by atoms with Gasteiger partial charge in [0.15, 0.2) is 0 Å². The molecular formula is C15H16N4O2S2. The van der Waals surface area contributed by atoms with Crippen molar-refractivity contribution in [2.75, 3.05) is 6.61 Å². The van der Waals surface area contributed by atoms with Crippen molar-refractivity contribution in [3.05, 3.63) is 34.6 Å². The van der Waals surface area contributed by atoms with Crippen LogP contribution >= 0.6 is 23.1 Å². The number of pyridine rings is 1. The molecule has 8 heteroatoms. The predicted molar refractivity (Wildman–Crippen MR) is 89.8 cm³/mol. The van der Waals surface area contributed by atoms with Crippen molar-refractivity contribution < 1.29 is 9.15 Å². The van der Waals surface area contributed by atoms with Crippen LogP contribution in [0, 0.1) is 13.8 Å². The van der Waals surface area contributed by atoms with Gasteiger partial charge in [0.1, 0.15) is 4.88 Å². The highest BCUT2D eigenvalue weighted by Crippen LogP contribution is 2.31. The summed E-state index contributed by atoms with van der Waals surface area (Å²) in [5.41, 5.74) is 1.82. The zero-order valence-electron chi connectivity index (χ0n) is 13.1. The van der Waals surface area contributed by atoms with Crippen LogP contribution in [0.1, 0.15) is 23.3 Å². The lowest BCUT2D eigenvalue weighted by Crippen LogP contribution is -1.96. The minimum absolute atomic E-state index is 0.520. The number of hydrogen-bond acceptors (Lipinski definition) is 8. The number of aryl methyl sites for hydroxylation is 2. The van der Waals surface area contributed by atoms with Crippen molar-refractivity contribution in [1.29, 1.82) is 0 Å². The second-order valence-corrected chi connectivity index (χ2v) is 6.84. The molecule has 0 bridgehead atoms. The summed E-state index contributed by atoms with van der Waals surface area (Å²) in [5, 5.41) is 9.70. The number of thioether (sulfide) groups is 1. The molecule has 0 unspecified atom stereocenters. The highest BCUT2D eigenvalue weighted by atomic mass is 32.2. The first-order valence-corrected chi connectivity index (χ1v) is 8.95. The van der Waals surface area contributed by atoms with E-state index < -0.39 is 0 Å². The largest absolute Gasteiger partial charge is 0.478 e. The Hall–Kier alpha value is -1.93. The summed E-state index contributed by atoms with van der Waals surface area (Å²) in [6, 6.07) is 5.72. The third-order valence-electron chi connectivity index (χ3n) is 2.92. The molecule has 0 saturated heterocycles. The van der Waals surface area contributed by atoms with Crippen LogP contribution in [0.5, 0.6) is 5.88 Å². The van der Waals surface area contributed by atoms with Gasteiger partial charge in [0.05, 0.1) is 23.0 Å². The Morgan fingerprint density at radius 3 is 2.83 bits per heavy atom. The lowest BCUT2D eigenvalue weighted by atomic mass is 10.4. The first kappa shape index (κ1) is 15.9. The van der Waals surface area contributed by atoms with E-state index in [0.717, 1.165) is 21.3 Å². The van der Waals surface area contributed by atoms with Gasteiger partial charge >= 0.3 is 0 Å². The molecule has 0 spiro atoms. The van der Waals surface area contributed by atoms with E-state index in [1.807, 2.05) is 39.0 Å². The van der Waals surface area contributed by atoms with Crippen molar-refractivity contribution in [2.24, 2.45) is 0 Å². The van der Waals surface area contributed by atoms with Crippen molar-refractivity contribution in [2.45, 2.75) is 31.7 Å². The van der Waals surface area contributed by atoms with Gasteiger partial charge in [0.2, 0.25) is 5.88 Å². The number of hydrogen-bond donors (Lipinski definition) is 0. The van der Waals surface area contributed by atoms with Crippen LogP contribution in [0.25, 0.3) is 10.8 Å². The monoisotopic (exact) mass is 348 g/mol. The highest BCUT2D eigenvalue weighted by Gasteiger charge is 2.15. The predicted octanol–water partition coefficient (Wildman–Crippen LogP) is 3.90. The van der Waals surface area contributed by atoms with Crippen molar-refractivity contribution in [3.63, 3.8) is 0 Å². The molecule has 23 heavy (non-hydrogen) atoms. The smallest absolute Gasteiger partial charge is 0.277 e. The minimum atomic E-state index is 0.520. The quantitative estimate of drug-likeness (QED) is 0.625. The van der Waals surface area contributed by atoms with E-state index in [9.17, 15) is 0 Å². The van der Waals surface area contributed by atoms with Crippen LogP contribution in [-0.4, -0.2) is 26.8 Å². The molecule has 0 amide bonds. The van der Waals surface area contributed by atoms with Crippen molar-refractivity contribution in [3.8, 4) is 16.6 Å². The molecule has 0 saturated carbocycles. The first-order valence-electron chi connectivity index (χ1n) is 7.15. The van der Waals surface area contributed by atoms with Gasteiger partial charge in [-0.2, -0.15) is 0 Å². The van der Waals surface area contributed by atoms with Gasteiger partial charge in [-0.25, -0.2) is 9.97 Å². The van der Waals surface area contributed by atoms with Gasteiger partial charge < -0.3 is 9.15 Å². The van der Waals surface area contributed by atoms with Gasteiger partial charge in [0, 0.05) is 11.8 Å². The molecule has 3 aromatic rings. The molecule has 3 heterocycles. The standard InChI is InChI=1S/C15H16N4O2S2/c1-4-20-12-7-5-6-11(17-12)8-22-15-19-18-14(21-15)13-9(2)16-10(3)23-13/h5-7H,4,8H2,1-3H3. The molecule has 0 aromatic carbocycles. The van der Waals surface area contributed by atoms with Crippen LogP contribution in [-0.2, 0) is 5.75 Å². The number of thiazole rings is 1. The van der Waals surface area contributed by atoms with Crippen LogP contribution < -0.4 is 4.74 Å². The van der Waals surface area contributed by atoms with E-state index in [-0.39, 0.29) is 0 Å². The average Bonchev–Trinajstić information content (AvgIpc) is 3.12. The highest BCUT2D eigenvalue weighted by molar-refractivity contribution is 7.98. The number of ether oxygens (including phenoxy) is 1. The van der Waals surface area contributed by atoms with E-state index in [1.54, 1.807) is 11.3 Å². The fourth-order valence-electron chi connectivity index (χ4n) is 1.99. The summed E-state index contributed by atoms with van der Waals surface area (Å²) in [6.45, 7) is 6.44. The molecule has 0 fully saturated rings. The Morgan fingerprint density at radius 1 is 1.22 bits per heavy atom. The topological polar surface area (TPSA) is 73.9 Å². The number of rotatable bonds is 6. The molecule has 0 aliphatic carbocycles. The minimum Gasteiger partial charge on any atom is -0.478 e. The summed E-state index contributed by atoms with van der Waals surface area (Å²) in [7, 11) is 0. The van der Waals surface area contributed by atoms with E-state index >= 15 is 0 Å². The molecular weight excluding hydrogens is 332 g/mol. The molecule has 6 nitrogen and oxygen atoms in total. The number of nitrogens with zero attached hydrogens (tertiary/aromatic N) is 4. The van der Waals surface area contributed by atoms with Gasteiger partial charge in [-0.05, 0) is 26.8 Å². The first-order chi connectivity index (χ1) is 11.2. The summed E-state index contributed by atoms with van der Waals surface area (Å²) < 4.78 is 11.1. The van der Waals surface area contributed by atoms with Crippen LogP contribution in [0.4, 0.5) is 0 Å². The summed E-state index contributed by atoms with van der Waals surface area (Å²) in [5.74, 6) is 1.79. The molecule has 120 valence electrons. The van der Waals surface area contributed by atoms with Gasteiger partial charge in [-0.1, -0.05) is 17.8 Å². The lowest BCUT2D eigenvalue weighted by Gasteiger charge is -2.03. The Kier molecular flexibility index (Phi) is 4.92. The fourth-order valence-corrected chi connectivity index (χ4v) is 3.50. The van der Waals surface area contributed by atoms with E-state index in [2.05, 4.69) is 20.2 Å². The second-order valence-electron chi connectivity index (χ2n) is 4.71. The zero-order chi connectivity index (χ0) is 16.2. The second kappa shape index (κ2) is 7.10. The summed E-state index contributed by atoms with van der Waals surface area (Å²) in [4.78, 5) is 9.73. The third kappa shape index (κ3) is 3.89. The Bertz CT molecular complexity index is 800. The van der Waals surface area contributed by atoms with Crippen LogP contribution in [0.15, 0.2) is 27.8 Å². The molecule has 0 aliphatic heterocycles. The molecule has 3 rings (SSSR count). The summed E-state index contributed by atoms with van der Waals surface area (Å²) in [6.07, 6.45) is 0. The lowest BCUT2D eigenvalue weighted by molar-refractivity contribution is 0.326. The Morgan fingerprint density at radius 2 is 2.09 bits per heavy atom. The average molecular weight is 348 g/mol. The van der Waals surface area contributed by atoms with Crippen molar-refractivity contribution >= 4 is 23.1 Å². The third-order valence-corrected chi connectivity index (χ3v) is 4.83. The molecule has 0 N–H and O–H groups in total. The maximum absolute atomic E-state index is 5.72. The summed E-state index contributed by atoms with van der Waals surface area (Å²) >= 11 is 3.01. The van der Waals surface area contributed by atoms with E-state index in [0.29, 0.717) is 29.4 Å². The van der Waals surface area contributed by atoms with Crippen LogP contribution in [0.2, 0.25) is 0 Å². The van der Waals surface area contributed by atoms with E-state index in [4.69, 9.17) is 9.15 Å². The Balaban J connectivity index is 1.68. The van der Waals surface area contributed by atoms with Crippen molar-refractivity contribution in [1.82, 2.24) is 20.2 Å². The van der Waals surface area contributed by atoms with Gasteiger partial charge in [-0.3, -0.25) is 0 Å². The molecule has 0 radical (unpaired) electrons. The fraction of sp³-hybridized carbons (Fsp3) is 0.333. The zero-order valence-corrected chi connectivity index (χ0v) is 14.7. The maximum Gasteiger partial charge on any atom is 0.277 e.